The number of rotatable bonds is 4. The molecule has 2 rings (SSSR count). The average Bonchev–Trinajstić information content (AvgIpc) is 2.84. The molecule has 1 N–H and O–H groups in total. The highest BCUT2D eigenvalue weighted by Gasteiger charge is 2.21. The molecule has 0 aromatic carbocycles. The van der Waals surface area contributed by atoms with E-state index in [9.17, 15) is 0 Å². The zero-order chi connectivity index (χ0) is 9.26. The zero-order valence-electron chi connectivity index (χ0n) is 7.72. The summed E-state index contributed by atoms with van der Waals surface area (Å²) in [5, 5.41) is 5.65. The Kier molecular flexibility index (Phi) is 2.92. The summed E-state index contributed by atoms with van der Waals surface area (Å²) < 4.78 is 0.884. The van der Waals surface area contributed by atoms with Crippen molar-refractivity contribution in [1.29, 1.82) is 0 Å². The van der Waals surface area contributed by atoms with Gasteiger partial charge in [0.15, 0.2) is 0 Å². The Hall–Kier alpha value is -0.0500. The first kappa shape index (κ1) is 9.50. The number of thiophene rings is 1. The summed E-state index contributed by atoms with van der Waals surface area (Å²) in [6, 6.07) is 2.50. The van der Waals surface area contributed by atoms with E-state index in [4.69, 9.17) is 11.6 Å². The van der Waals surface area contributed by atoms with Gasteiger partial charge in [-0.15, -0.1) is 11.3 Å². The lowest BCUT2D eigenvalue weighted by Gasteiger charge is -2.11. The second-order valence-electron chi connectivity index (χ2n) is 3.76. The molecule has 0 bridgehead atoms. The quantitative estimate of drug-likeness (QED) is 0.811. The Balaban J connectivity index is 1.84. The van der Waals surface area contributed by atoms with Crippen LogP contribution in [0.3, 0.4) is 0 Å². The van der Waals surface area contributed by atoms with E-state index in [-0.39, 0.29) is 0 Å². The minimum absolute atomic E-state index is 0.448. The minimum Gasteiger partial charge on any atom is -0.310 e. The van der Waals surface area contributed by atoms with Gasteiger partial charge in [-0.05, 0) is 49.2 Å². The van der Waals surface area contributed by atoms with Gasteiger partial charge in [0.2, 0.25) is 0 Å². The van der Waals surface area contributed by atoms with Gasteiger partial charge in [-0.1, -0.05) is 11.6 Å². The summed E-state index contributed by atoms with van der Waals surface area (Å²) in [6.07, 6.45) is 2.81. The molecule has 0 saturated heterocycles. The fraction of sp³-hybridized carbons (Fsp3) is 0.600. The van der Waals surface area contributed by atoms with E-state index >= 15 is 0 Å². The summed E-state index contributed by atoms with van der Waals surface area (Å²) in [4.78, 5) is 0. The van der Waals surface area contributed by atoms with Crippen molar-refractivity contribution in [1.82, 2.24) is 5.32 Å². The average molecular weight is 216 g/mol. The van der Waals surface area contributed by atoms with E-state index in [0.717, 1.165) is 16.8 Å². The smallest absolute Gasteiger partial charge is 0.0931 e. The van der Waals surface area contributed by atoms with Gasteiger partial charge in [0.25, 0.3) is 0 Å². The highest BCUT2D eigenvalue weighted by atomic mass is 35.5. The SMILES string of the molecule is CC(NCC1CC1)c1csc(Cl)c1. The Bertz CT molecular complexity index is 280. The van der Waals surface area contributed by atoms with Crippen LogP contribution in [-0.2, 0) is 0 Å². The predicted octanol–water partition coefficient (Wildman–Crippen LogP) is 3.46. The molecule has 1 nitrogen and oxygen atoms in total. The van der Waals surface area contributed by atoms with E-state index in [1.165, 1.54) is 18.4 Å². The molecule has 0 aliphatic heterocycles. The molecule has 1 aliphatic carbocycles. The molecule has 3 heteroatoms. The molecule has 1 aromatic rings. The molecule has 0 radical (unpaired) electrons. The molecule has 0 amide bonds. The summed E-state index contributed by atoms with van der Waals surface area (Å²) in [6.45, 7) is 3.36. The van der Waals surface area contributed by atoms with Gasteiger partial charge >= 0.3 is 0 Å². The largest absolute Gasteiger partial charge is 0.310 e. The van der Waals surface area contributed by atoms with E-state index in [1.54, 1.807) is 11.3 Å². The molecular formula is C10H14ClNS. The van der Waals surface area contributed by atoms with Gasteiger partial charge in [0.1, 0.15) is 0 Å². The molecule has 72 valence electrons. The van der Waals surface area contributed by atoms with E-state index in [1.807, 2.05) is 0 Å². The predicted molar refractivity (Wildman–Crippen MR) is 58.5 cm³/mol. The Labute approximate surface area is 88.1 Å². The first-order valence-electron chi connectivity index (χ1n) is 4.73. The molecule has 1 heterocycles. The molecule has 0 spiro atoms. The van der Waals surface area contributed by atoms with E-state index in [0.29, 0.717) is 6.04 Å². The lowest BCUT2D eigenvalue weighted by atomic mass is 10.2. The molecule has 13 heavy (non-hydrogen) atoms. The van der Waals surface area contributed by atoms with Crippen LogP contribution < -0.4 is 5.32 Å². The molecule has 1 aliphatic rings. The van der Waals surface area contributed by atoms with Crippen LogP contribution in [0, 0.1) is 5.92 Å². The normalized spacial score (nSPS) is 18.9. The number of hydrogen-bond donors (Lipinski definition) is 1. The van der Waals surface area contributed by atoms with Gasteiger partial charge in [-0.25, -0.2) is 0 Å². The summed E-state index contributed by atoms with van der Waals surface area (Å²) >= 11 is 7.48. The summed E-state index contributed by atoms with van der Waals surface area (Å²) in [7, 11) is 0. The molecule has 1 unspecified atom stereocenters. The number of halogens is 1. The van der Waals surface area contributed by atoms with Crippen LogP contribution in [0.1, 0.15) is 31.4 Å². The molecule has 1 aromatic heterocycles. The lowest BCUT2D eigenvalue weighted by Crippen LogP contribution is -2.20. The second-order valence-corrected chi connectivity index (χ2v) is 5.30. The fourth-order valence-electron chi connectivity index (χ4n) is 1.33. The van der Waals surface area contributed by atoms with Crippen LogP contribution in [0.2, 0.25) is 4.34 Å². The van der Waals surface area contributed by atoms with Crippen LogP contribution in [0.25, 0.3) is 0 Å². The van der Waals surface area contributed by atoms with Crippen molar-refractivity contribution in [3.8, 4) is 0 Å². The molecule has 1 atom stereocenters. The molecule has 1 fully saturated rings. The monoisotopic (exact) mass is 215 g/mol. The third-order valence-electron chi connectivity index (χ3n) is 2.50. The van der Waals surface area contributed by atoms with Crippen LogP contribution in [0.5, 0.6) is 0 Å². The number of nitrogens with one attached hydrogen (secondary N) is 1. The Morgan fingerprint density at radius 3 is 3.00 bits per heavy atom. The van der Waals surface area contributed by atoms with Gasteiger partial charge in [-0.2, -0.15) is 0 Å². The first-order chi connectivity index (χ1) is 6.25. The minimum atomic E-state index is 0.448. The van der Waals surface area contributed by atoms with Crippen molar-refractivity contribution in [3.05, 3.63) is 21.3 Å². The van der Waals surface area contributed by atoms with Crippen molar-refractivity contribution in [2.24, 2.45) is 5.92 Å². The standard InChI is InChI=1S/C10H14ClNS/c1-7(12-5-8-2-3-8)9-4-10(11)13-6-9/h4,6-8,12H,2-3,5H2,1H3. The number of hydrogen-bond acceptors (Lipinski definition) is 2. The maximum absolute atomic E-state index is 5.87. The first-order valence-corrected chi connectivity index (χ1v) is 5.99. The highest BCUT2D eigenvalue weighted by molar-refractivity contribution is 7.14. The molecular weight excluding hydrogens is 202 g/mol. The fourth-order valence-corrected chi connectivity index (χ4v) is 2.32. The summed E-state index contributed by atoms with van der Waals surface area (Å²) in [5.74, 6) is 0.941. The second kappa shape index (κ2) is 3.99. The third-order valence-corrected chi connectivity index (χ3v) is 3.61. The maximum Gasteiger partial charge on any atom is 0.0931 e. The van der Waals surface area contributed by atoms with Crippen molar-refractivity contribution in [3.63, 3.8) is 0 Å². The van der Waals surface area contributed by atoms with Gasteiger partial charge in [-0.3, -0.25) is 0 Å². The third kappa shape index (κ3) is 2.70. The van der Waals surface area contributed by atoms with E-state index in [2.05, 4.69) is 23.7 Å². The lowest BCUT2D eigenvalue weighted by molar-refractivity contribution is 0.550. The van der Waals surface area contributed by atoms with Crippen molar-refractivity contribution < 1.29 is 0 Å². The topological polar surface area (TPSA) is 12.0 Å². The van der Waals surface area contributed by atoms with E-state index < -0.39 is 0 Å². The van der Waals surface area contributed by atoms with Crippen molar-refractivity contribution in [2.45, 2.75) is 25.8 Å². The van der Waals surface area contributed by atoms with Crippen molar-refractivity contribution >= 4 is 22.9 Å². The van der Waals surface area contributed by atoms with Gasteiger partial charge in [0, 0.05) is 6.04 Å². The molecule has 1 saturated carbocycles. The van der Waals surface area contributed by atoms with Crippen LogP contribution in [0.4, 0.5) is 0 Å². The van der Waals surface area contributed by atoms with Gasteiger partial charge in [0.05, 0.1) is 4.34 Å². The highest BCUT2D eigenvalue weighted by Crippen LogP contribution is 2.29. The summed E-state index contributed by atoms with van der Waals surface area (Å²) in [5.41, 5.74) is 1.32. The van der Waals surface area contributed by atoms with Gasteiger partial charge < -0.3 is 5.32 Å². The van der Waals surface area contributed by atoms with Crippen LogP contribution in [-0.4, -0.2) is 6.54 Å². The Morgan fingerprint density at radius 1 is 1.69 bits per heavy atom. The van der Waals surface area contributed by atoms with Crippen molar-refractivity contribution in [2.75, 3.05) is 6.54 Å². The zero-order valence-corrected chi connectivity index (χ0v) is 9.29. The Morgan fingerprint density at radius 2 is 2.46 bits per heavy atom. The van der Waals surface area contributed by atoms with Crippen LogP contribution in [0.15, 0.2) is 11.4 Å². The maximum atomic E-state index is 5.87. The van der Waals surface area contributed by atoms with Crippen LogP contribution >= 0.6 is 22.9 Å².